The van der Waals surface area contributed by atoms with Gasteiger partial charge in [-0.1, -0.05) is 6.07 Å². The Kier molecular flexibility index (Phi) is 6.21. The Morgan fingerprint density at radius 3 is 2.40 bits per heavy atom. The van der Waals surface area contributed by atoms with Crippen molar-refractivity contribution in [1.82, 2.24) is 14.9 Å². The summed E-state index contributed by atoms with van der Waals surface area (Å²) in [5.74, 6) is 0.187. The third-order valence-corrected chi connectivity index (χ3v) is 7.99. The van der Waals surface area contributed by atoms with Gasteiger partial charge in [0.2, 0.25) is 0 Å². The first kappa shape index (κ1) is 24.0. The Morgan fingerprint density at radius 2 is 1.77 bits per heavy atom. The van der Waals surface area contributed by atoms with E-state index in [9.17, 15) is 23.1 Å². The summed E-state index contributed by atoms with van der Waals surface area (Å²) in [5.41, 5.74) is 2.47. The summed E-state index contributed by atoms with van der Waals surface area (Å²) in [6.07, 6.45) is 0.880. The highest BCUT2D eigenvalue weighted by Gasteiger charge is 2.39. The number of alkyl halides is 3. The van der Waals surface area contributed by atoms with Gasteiger partial charge >= 0.3 is 12.1 Å². The smallest absolute Gasteiger partial charge is 0.434 e. The molecule has 2 saturated heterocycles. The molecule has 4 heterocycles. The number of ether oxygens (including phenoxy) is 1. The zero-order valence-corrected chi connectivity index (χ0v) is 19.6. The number of hydrogen-bond acceptors (Lipinski definition) is 7. The molecule has 2 aromatic rings. The van der Waals surface area contributed by atoms with Gasteiger partial charge in [-0.15, -0.1) is 0 Å². The van der Waals surface area contributed by atoms with Gasteiger partial charge in [-0.2, -0.15) is 13.2 Å². The molecule has 3 aliphatic rings. The van der Waals surface area contributed by atoms with Crippen LogP contribution in [0.25, 0.3) is 0 Å². The number of likely N-dealkylation sites (tertiary alicyclic amines) is 1. The van der Waals surface area contributed by atoms with Gasteiger partial charge in [-0.25, -0.2) is 14.8 Å². The zero-order valence-electron chi connectivity index (χ0n) is 19.6. The van der Waals surface area contributed by atoms with Crippen molar-refractivity contribution in [3.63, 3.8) is 0 Å². The van der Waals surface area contributed by atoms with Gasteiger partial charge < -0.3 is 19.6 Å². The van der Waals surface area contributed by atoms with Crippen molar-refractivity contribution in [2.75, 3.05) is 37.6 Å². The van der Waals surface area contributed by atoms with E-state index in [0.29, 0.717) is 17.9 Å². The molecule has 7 nitrogen and oxygen atoms in total. The predicted molar refractivity (Wildman–Crippen MR) is 122 cm³/mol. The van der Waals surface area contributed by atoms with E-state index in [2.05, 4.69) is 14.9 Å². The van der Waals surface area contributed by atoms with E-state index < -0.39 is 18.0 Å². The van der Waals surface area contributed by atoms with Crippen LogP contribution < -0.4 is 4.90 Å². The lowest BCUT2D eigenvalue weighted by Gasteiger charge is -2.47. The third kappa shape index (κ3) is 4.73. The molecule has 2 fully saturated rings. The van der Waals surface area contributed by atoms with Gasteiger partial charge in [-0.3, -0.25) is 0 Å². The molecule has 1 aromatic carbocycles. The van der Waals surface area contributed by atoms with Crippen LogP contribution in [0.1, 0.15) is 64.5 Å². The first-order chi connectivity index (χ1) is 16.7. The predicted octanol–water partition coefficient (Wildman–Crippen LogP) is 3.89. The van der Waals surface area contributed by atoms with E-state index in [1.807, 2.05) is 17.9 Å². The van der Waals surface area contributed by atoms with Crippen LogP contribution in [0.3, 0.4) is 0 Å². The summed E-state index contributed by atoms with van der Waals surface area (Å²) < 4.78 is 43.3. The van der Waals surface area contributed by atoms with E-state index in [0.717, 1.165) is 74.7 Å². The zero-order chi connectivity index (χ0) is 24.8. The summed E-state index contributed by atoms with van der Waals surface area (Å²) in [6, 6.07) is 3.58. The molecule has 0 aliphatic carbocycles. The standard InChI is InChI=1S/C25H29F3N4O3/c1-16-17(2-3-18-19(16)15-35-23(18)34)20(33)14-31-8-4-24(5-9-31)6-10-32(11-7-24)22-13-29-21(12-30-22)25(26,27)28/h2-3,12-13,20,33H,4-11,14-15H2,1H3. The van der Waals surface area contributed by atoms with E-state index in [-0.39, 0.29) is 18.0 Å². The molecule has 1 N–H and O–H groups in total. The van der Waals surface area contributed by atoms with Crippen molar-refractivity contribution in [1.29, 1.82) is 0 Å². The summed E-state index contributed by atoms with van der Waals surface area (Å²) in [6.45, 7) is 6.01. The lowest BCUT2D eigenvalue weighted by atomic mass is 9.71. The second kappa shape index (κ2) is 9.05. The maximum Gasteiger partial charge on any atom is 0.434 e. The van der Waals surface area contributed by atoms with Gasteiger partial charge in [0.25, 0.3) is 0 Å². The Labute approximate surface area is 201 Å². The molecule has 1 unspecified atom stereocenters. The number of aliphatic hydroxyl groups excluding tert-OH is 1. The van der Waals surface area contributed by atoms with Gasteiger partial charge in [-0.05, 0) is 68.3 Å². The molecule has 0 saturated carbocycles. The van der Waals surface area contributed by atoms with Gasteiger partial charge in [0, 0.05) is 25.2 Å². The average Bonchev–Trinajstić information content (AvgIpc) is 3.22. The third-order valence-electron chi connectivity index (χ3n) is 7.99. The number of aliphatic hydroxyl groups is 1. The minimum atomic E-state index is -4.48. The van der Waals surface area contributed by atoms with Crippen LogP contribution in [0, 0.1) is 12.3 Å². The van der Waals surface area contributed by atoms with E-state index in [4.69, 9.17) is 4.74 Å². The van der Waals surface area contributed by atoms with Crippen LogP contribution in [0.2, 0.25) is 0 Å². The fourth-order valence-corrected chi connectivity index (χ4v) is 5.62. The molecule has 1 atom stereocenters. The SMILES string of the molecule is Cc1c(C(O)CN2CCC3(CC2)CCN(c2cnc(C(F)(F)F)cn2)CC3)ccc2c1COC2=O. The molecular formula is C25H29F3N4O3. The second-order valence-corrected chi connectivity index (χ2v) is 9.94. The van der Waals surface area contributed by atoms with Gasteiger partial charge in [0.15, 0.2) is 5.69 Å². The Morgan fingerprint density at radius 1 is 1.09 bits per heavy atom. The van der Waals surface area contributed by atoms with Crippen LogP contribution in [-0.2, 0) is 17.5 Å². The van der Waals surface area contributed by atoms with Crippen molar-refractivity contribution < 1.29 is 27.8 Å². The second-order valence-electron chi connectivity index (χ2n) is 9.94. The number of rotatable bonds is 4. The number of piperidine rings is 2. The summed E-state index contributed by atoms with van der Waals surface area (Å²) in [5, 5.41) is 10.9. The fraction of sp³-hybridized carbons (Fsp3) is 0.560. The number of benzene rings is 1. The molecule has 5 rings (SSSR count). The highest BCUT2D eigenvalue weighted by atomic mass is 19.4. The molecule has 0 bridgehead atoms. The number of carbonyl (C=O) groups is 1. The van der Waals surface area contributed by atoms with E-state index in [1.54, 1.807) is 6.07 Å². The Hall–Kier alpha value is -2.72. The molecule has 35 heavy (non-hydrogen) atoms. The number of carbonyl (C=O) groups excluding carboxylic acids is 1. The van der Waals surface area contributed by atoms with Crippen molar-refractivity contribution in [3.8, 4) is 0 Å². The summed E-state index contributed by atoms with van der Waals surface area (Å²) in [7, 11) is 0. The van der Waals surface area contributed by atoms with Gasteiger partial charge in [0.05, 0.1) is 24.1 Å². The largest absolute Gasteiger partial charge is 0.457 e. The first-order valence-electron chi connectivity index (χ1n) is 12.0. The Balaban J connectivity index is 1.14. The van der Waals surface area contributed by atoms with Crippen molar-refractivity contribution in [2.45, 2.75) is 51.5 Å². The molecule has 10 heteroatoms. The molecule has 1 aromatic heterocycles. The number of hydrogen-bond donors (Lipinski definition) is 1. The number of aromatic nitrogens is 2. The fourth-order valence-electron chi connectivity index (χ4n) is 5.62. The topological polar surface area (TPSA) is 78.8 Å². The lowest BCUT2D eigenvalue weighted by Crippen LogP contribution is -2.47. The van der Waals surface area contributed by atoms with E-state index in [1.165, 1.54) is 6.20 Å². The van der Waals surface area contributed by atoms with E-state index >= 15 is 0 Å². The maximum atomic E-state index is 12.7. The van der Waals surface area contributed by atoms with Crippen molar-refractivity contribution in [3.05, 3.63) is 52.5 Å². The normalized spacial score (nSPS) is 21.2. The molecule has 0 amide bonds. The molecule has 188 valence electrons. The monoisotopic (exact) mass is 490 g/mol. The quantitative estimate of drug-likeness (QED) is 0.652. The maximum absolute atomic E-state index is 12.7. The van der Waals surface area contributed by atoms with Crippen LogP contribution in [0.15, 0.2) is 24.5 Å². The average molecular weight is 491 g/mol. The number of anilines is 1. The van der Waals surface area contributed by atoms with Crippen LogP contribution >= 0.6 is 0 Å². The van der Waals surface area contributed by atoms with Crippen LogP contribution in [0.5, 0.6) is 0 Å². The highest BCUT2D eigenvalue weighted by molar-refractivity contribution is 5.93. The molecule has 3 aliphatic heterocycles. The Bertz CT molecular complexity index is 1090. The number of esters is 1. The minimum absolute atomic E-state index is 0.221. The highest BCUT2D eigenvalue weighted by Crippen LogP contribution is 2.42. The van der Waals surface area contributed by atoms with Gasteiger partial charge in [0.1, 0.15) is 12.4 Å². The molecule has 1 spiro atoms. The molecular weight excluding hydrogens is 461 g/mol. The van der Waals surface area contributed by atoms with Crippen LogP contribution in [-0.4, -0.2) is 58.7 Å². The number of fused-ring (bicyclic) bond motifs is 1. The summed E-state index contributed by atoms with van der Waals surface area (Å²) >= 11 is 0. The van der Waals surface area contributed by atoms with Crippen molar-refractivity contribution in [2.24, 2.45) is 5.41 Å². The number of halogens is 3. The summed E-state index contributed by atoms with van der Waals surface area (Å²) in [4.78, 5) is 23.6. The van der Waals surface area contributed by atoms with Crippen molar-refractivity contribution >= 4 is 11.8 Å². The molecule has 0 radical (unpaired) electrons. The van der Waals surface area contributed by atoms with Crippen LogP contribution in [0.4, 0.5) is 19.0 Å². The lowest BCUT2D eigenvalue weighted by molar-refractivity contribution is -0.141. The number of β-amino-alcohol motifs (C(OH)–C–C–N with tert-alkyl or cyclic N) is 1. The number of cyclic esters (lactones) is 1. The minimum Gasteiger partial charge on any atom is -0.457 e. The first-order valence-corrected chi connectivity index (χ1v) is 12.0. The number of nitrogens with zero attached hydrogens (tertiary/aromatic N) is 4.